The van der Waals surface area contributed by atoms with Crippen molar-refractivity contribution < 1.29 is 24.2 Å². The molecule has 0 spiro atoms. The summed E-state index contributed by atoms with van der Waals surface area (Å²) in [5, 5.41) is 19.8. The van der Waals surface area contributed by atoms with Gasteiger partial charge in [-0.05, 0) is 78.3 Å². The molecule has 3 fully saturated rings. The number of aliphatic carboxylic acids is 1. The molecule has 3 unspecified atom stereocenters. The van der Waals surface area contributed by atoms with E-state index in [1.807, 2.05) is 6.92 Å². The summed E-state index contributed by atoms with van der Waals surface area (Å²) in [6.45, 7) is 6.30. The molecule has 0 heterocycles. The Bertz CT molecular complexity index is 702. The number of allylic oxidation sites excluding steroid dienone is 1. The first kappa shape index (κ1) is 19.1. The first-order chi connectivity index (χ1) is 12.6. The van der Waals surface area contributed by atoms with Crippen LogP contribution in [0.2, 0.25) is 0 Å². The minimum Gasteiger partial charge on any atom is -0.479 e. The number of hydrogen-bond acceptors (Lipinski definition) is 3. The van der Waals surface area contributed by atoms with Crippen LogP contribution in [0.3, 0.4) is 0 Å². The number of carboxylic acids is 1. The molecule has 0 aromatic carbocycles. The Morgan fingerprint density at radius 1 is 1.26 bits per heavy atom. The lowest BCUT2D eigenvalue weighted by molar-refractivity contribution is -0.156. The van der Waals surface area contributed by atoms with Crippen LogP contribution in [0.5, 0.6) is 0 Å². The fourth-order valence-electron chi connectivity index (χ4n) is 7.79. The second-order valence-electron chi connectivity index (χ2n) is 10.1. The molecule has 0 radical (unpaired) electrons. The maximum atomic E-state index is 15.2. The van der Waals surface area contributed by atoms with E-state index in [0.717, 1.165) is 25.7 Å². The number of carbonyl (C=O) groups is 2. The van der Waals surface area contributed by atoms with Crippen LogP contribution < -0.4 is 0 Å². The molecule has 0 bridgehead atoms. The second kappa shape index (κ2) is 6.13. The molecule has 4 aliphatic carbocycles. The summed E-state index contributed by atoms with van der Waals surface area (Å²) in [5.41, 5.74) is 0.182. The van der Waals surface area contributed by atoms with Gasteiger partial charge in [-0.1, -0.05) is 20.8 Å². The fraction of sp³-hybridized carbons (Fsp3) is 0.818. The predicted octanol–water partition coefficient (Wildman–Crippen LogP) is 3.77. The molecule has 2 N–H and O–H groups in total. The van der Waals surface area contributed by atoms with Crippen LogP contribution in [-0.2, 0) is 9.59 Å². The lowest BCUT2D eigenvalue weighted by Crippen LogP contribution is -2.54. The van der Waals surface area contributed by atoms with Gasteiger partial charge in [0.15, 0.2) is 11.9 Å². The minimum atomic E-state index is -1.35. The fourth-order valence-corrected chi connectivity index (χ4v) is 7.79. The van der Waals surface area contributed by atoms with E-state index < -0.39 is 18.2 Å². The molecular formula is C22H31FO4. The average Bonchev–Trinajstić information content (AvgIpc) is 2.86. The van der Waals surface area contributed by atoms with Crippen molar-refractivity contribution in [3.63, 3.8) is 0 Å². The van der Waals surface area contributed by atoms with Crippen LogP contribution in [0.4, 0.5) is 4.39 Å². The highest BCUT2D eigenvalue weighted by Gasteiger charge is 2.63. The number of carboxylic acid groups (broad SMARTS) is 1. The lowest BCUT2D eigenvalue weighted by Gasteiger charge is -2.58. The van der Waals surface area contributed by atoms with Gasteiger partial charge in [0.2, 0.25) is 0 Å². The van der Waals surface area contributed by atoms with Crippen molar-refractivity contribution in [3.8, 4) is 0 Å². The first-order valence-corrected chi connectivity index (χ1v) is 10.4. The Morgan fingerprint density at radius 2 is 1.96 bits per heavy atom. The van der Waals surface area contributed by atoms with Crippen LogP contribution in [0.15, 0.2) is 11.6 Å². The van der Waals surface area contributed by atoms with Crippen LogP contribution >= 0.6 is 0 Å². The van der Waals surface area contributed by atoms with Crippen molar-refractivity contribution in [2.24, 2.45) is 40.4 Å². The maximum absolute atomic E-state index is 15.2. The largest absolute Gasteiger partial charge is 0.479 e. The SMILES string of the molecule is CC1C[C@H]2[C@@H]3CC(F)C4=CC(=O)CC[C@]4(C)[C@H]3CC[C@]2(C)[C@H]1C(O)C(=O)O. The first-order valence-electron chi connectivity index (χ1n) is 10.4. The van der Waals surface area contributed by atoms with E-state index in [1.54, 1.807) is 6.08 Å². The summed E-state index contributed by atoms with van der Waals surface area (Å²) < 4.78 is 15.2. The van der Waals surface area contributed by atoms with Crippen molar-refractivity contribution in [1.82, 2.24) is 0 Å². The molecule has 9 atom stereocenters. The molecule has 0 aromatic rings. The van der Waals surface area contributed by atoms with Crippen molar-refractivity contribution >= 4 is 11.8 Å². The summed E-state index contributed by atoms with van der Waals surface area (Å²) in [7, 11) is 0. The number of carbonyl (C=O) groups excluding carboxylic acids is 1. The Morgan fingerprint density at radius 3 is 2.63 bits per heavy atom. The molecule has 5 heteroatoms. The van der Waals surface area contributed by atoms with Gasteiger partial charge in [0, 0.05) is 12.3 Å². The van der Waals surface area contributed by atoms with E-state index in [1.165, 1.54) is 0 Å². The molecular weight excluding hydrogens is 347 g/mol. The number of ketones is 1. The third-order valence-corrected chi connectivity index (χ3v) is 8.97. The number of fused-ring (bicyclic) bond motifs is 5. The van der Waals surface area contributed by atoms with E-state index >= 15 is 4.39 Å². The van der Waals surface area contributed by atoms with E-state index in [4.69, 9.17) is 0 Å². The summed E-state index contributed by atoms with van der Waals surface area (Å²) in [4.78, 5) is 23.4. The van der Waals surface area contributed by atoms with Gasteiger partial charge in [0.1, 0.15) is 6.17 Å². The Labute approximate surface area is 160 Å². The predicted molar refractivity (Wildman–Crippen MR) is 98.7 cm³/mol. The molecule has 4 nitrogen and oxygen atoms in total. The average molecular weight is 378 g/mol. The molecule has 0 aromatic heterocycles. The number of alkyl halides is 1. The monoisotopic (exact) mass is 378 g/mol. The standard InChI is InChI=1S/C22H31FO4/c1-11-8-15-13-10-17(23)16-9-12(24)4-6-21(16,2)14(13)5-7-22(15,3)18(11)19(25)20(26)27/h9,11,13-15,17-19,25H,4-8,10H2,1-3H3,(H,26,27)/t11?,13-,14+,15+,17?,18-,19?,21-,22+/m1/s1. The van der Waals surface area contributed by atoms with E-state index in [-0.39, 0.29) is 40.3 Å². The van der Waals surface area contributed by atoms with Gasteiger partial charge in [-0.3, -0.25) is 4.79 Å². The van der Waals surface area contributed by atoms with Gasteiger partial charge in [-0.25, -0.2) is 9.18 Å². The van der Waals surface area contributed by atoms with E-state index in [9.17, 15) is 19.8 Å². The Kier molecular flexibility index (Phi) is 4.34. The molecule has 4 rings (SSSR count). The van der Waals surface area contributed by atoms with Crippen LogP contribution in [0, 0.1) is 40.4 Å². The van der Waals surface area contributed by atoms with E-state index in [2.05, 4.69) is 13.8 Å². The Balaban J connectivity index is 1.70. The van der Waals surface area contributed by atoms with E-state index in [0.29, 0.717) is 24.3 Å². The number of aliphatic hydroxyl groups is 1. The van der Waals surface area contributed by atoms with Crippen molar-refractivity contribution in [3.05, 3.63) is 11.6 Å². The summed E-state index contributed by atoms with van der Waals surface area (Å²) in [5.74, 6) is -0.497. The molecule has 0 amide bonds. The second-order valence-corrected chi connectivity index (χ2v) is 10.1. The third kappa shape index (κ3) is 2.56. The zero-order chi connectivity index (χ0) is 19.7. The summed E-state index contributed by atoms with van der Waals surface area (Å²) in [6.07, 6.45) is 3.43. The zero-order valence-electron chi connectivity index (χ0n) is 16.5. The van der Waals surface area contributed by atoms with Gasteiger partial charge in [-0.15, -0.1) is 0 Å². The lowest BCUT2D eigenvalue weighted by atomic mass is 9.46. The molecule has 150 valence electrons. The zero-order valence-corrected chi connectivity index (χ0v) is 16.5. The normalized spacial score (nSPS) is 50.3. The number of aliphatic hydroxyl groups excluding tert-OH is 1. The minimum absolute atomic E-state index is 0.0448. The number of hydrogen-bond donors (Lipinski definition) is 2. The Hall–Kier alpha value is -1.23. The van der Waals surface area contributed by atoms with Gasteiger partial charge >= 0.3 is 5.97 Å². The number of halogens is 1. The quantitative estimate of drug-likeness (QED) is 0.767. The molecule has 27 heavy (non-hydrogen) atoms. The smallest absolute Gasteiger partial charge is 0.332 e. The molecule has 0 saturated heterocycles. The van der Waals surface area contributed by atoms with Crippen LogP contribution in [0.25, 0.3) is 0 Å². The highest BCUT2D eigenvalue weighted by atomic mass is 19.1. The van der Waals surface area contributed by atoms with Crippen LogP contribution in [-0.4, -0.2) is 34.2 Å². The van der Waals surface area contributed by atoms with Gasteiger partial charge in [0.25, 0.3) is 0 Å². The van der Waals surface area contributed by atoms with Gasteiger partial charge in [0.05, 0.1) is 0 Å². The van der Waals surface area contributed by atoms with Crippen LogP contribution in [0.1, 0.15) is 59.3 Å². The number of rotatable bonds is 2. The summed E-state index contributed by atoms with van der Waals surface area (Å²) in [6, 6.07) is 0. The van der Waals surface area contributed by atoms with Crippen molar-refractivity contribution in [2.45, 2.75) is 71.6 Å². The maximum Gasteiger partial charge on any atom is 0.332 e. The third-order valence-electron chi connectivity index (χ3n) is 8.97. The van der Waals surface area contributed by atoms with Crippen molar-refractivity contribution in [1.29, 1.82) is 0 Å². The molecule has 3 saturated carbocycles. The van der Waals surface area contributed by atoms with Gasteiger partial charge < -0.3 is 10.2 Å². The topological polar surface area (TPSA) is 74.6 Å². The summed E-state index contributed by atoms with van der Waals surface area (Å²) >= 11 is 0. The van der Waals surface area contributed by atoms with Crippen molar-refractivity contribution in [2.75, 3.05) is 0 Å². The highest BCUT2D eigenvalue weighted by Crippen LogP contribution is 2.68. The molecule has 4 aliphatic rings. The molecule has 0 aliphatic heterocycles. The highest BCUT2D eigenvalue weighted by molar-refractivity contribution is 5.91. The van der Waals surface area contributed by atoms with Gasteiger partial charge in [-0.2, -0.15) is 0 Å².